The first-order valence-electron chi connectivity index (χ1n) is 10.9. The Morgan fingerprint density at radius 3 is 0.886 bits per heavy atom. The van der Waals surface area contributed by atoms with Crippen LogP contribution in [0.25, 0.3) is 0 Å². The summed E-state index contributed by atoms with van der Waals surface area (Å²) in [7, 11) is -5.26. The first-order valence-corrected chi connectivity index (χ1v) is 13.8. The molecule has 0 atom stereocenters. The van der Waals surface area contributed by atoms with E-state index in [9.17, 15) is 16.8 Å². The lowest BCUT2D eigenvalue weighted by atomic mass is 10.2. The maximum absolute atomic E-state index is 12.3. The molecule has 0 N–H and O–H groups in total. The van der Waals surface area contributed by atoms with Crippen molar-refractivity contribution < 1.29 is 21.6 Å². The largest absolute Gasteiger partial charge is 0.497 e. The third kappa shape index (κ3) is 6.38. The van der Waals surface area contributed by atoms with Crippen molar-refractivity contribution in [3.8, 4) is 5.75 Å². The molecule has 0 saturated heterocycles. The quantitative estimate of drug-likeness (QED) is 0.332. The second-order valence-corrected chi connectivity index (χ2v) is 12.0. The molecule has 35 heavy (non-hydrogen) atoms. The summed E-state index contributed by atoms with van der Waals surface area (Å²) >= 11 is 0. The molecule has 0 aliphatic rings. The van der Waals surface area contributed by atoms with Crippen LogP contribution in [-0.2, 0) is 19.7 Å². The lowest BCUT2D eigenvalue weighted by Crippen LogP contribution is -2.01. The number of methoxy groups -OCH3 is 1. The Balaban J connectivity index is 0.000000196. The van der Waals surface area contributed by atoms with Gasteiger partial charge < -0.3 is 4.74 Å². The molecule has 0 saturated carbocycles. The van der Waals surface area contributed by atoms with E-state index in [-0.39, 0.29) is 4.90 Å². The minimum Gasteiger partial charge on any atom is -0.497 e. The van der Waals surface area contributed by atoms with Gasteiger partial charge in [0.25, 0.3) is 0 Å². The molecular formula is C28H28O5S2. The minimum absolute atomic E-state index is 0.271. The molecule has 0 radical (unpaired) electrons. The average molecular weight is 509 g/mol. The summed E-state index contributed by atoms with van der Waals surface area (Å²) in [5, 5.41) is 0. The maximum Gasteiger partial charge on any atom is 0.206 e. The monoisotopic (exact) mass is 508 g/mol. The van der Waals surface area contributed by atoms with Gasteiger partial charge in [0.05, 0.1) is 26.7 Å². The molecule has 0 unspecified atom stereocenters. The fourth-order valence-corrected chi connectivity index (χ4v) is 5.70. The van der Waals surface area contributed by atoms with Gasteiger partial charge in [-0.1, -0.05) is 53.1 Å². The van der Waals surface area contributed by atoms with Gasteiger partial charge in [0.1, 0.15) is 5.75 Å². The number of aryl methyl sites for hydroxylation is 3. The highest BCUT2D eigenvalue weighted by atomic mass is 32.2. The normalized spacial score (nSPS) is 11.3. The average Bonchev–Trinajstić information content (AvgIpc) is 2.85. The molecule has 0 aliphatic heterocycles. The summed E-state index contributed by atoms with van der Waals surface area (Å²) in [5.41, 5.74) is 3.13. The molecule has 0 spiro atoms. The fraction of sp³-hybridized carbons (Fsp3) is 0.143. The van der Waals surface area contributed by atoms with Crippen LogP contribution in [0.3, 0.4) is 0 Å². The molecule has 4 aromatic rings. The van der Waals surface area contributed by atoms with Gasteiger partial charge in [0.2, 0.25) is 19.7 Å². The smallest absolute Gasteiger partial charge is 0.206 e. The van der Waals surface area contributed by atoms with Gasteiger partial charge in [0, 0.05) is 0 Å². The molecule has 0 aromatic heterocycles. The highest BCUT2D eigenvalue weighted by molar-refractivity contribution is 7.91. The van der Waals surface area contributed by atoms with E-state index in [4.69, 9.17) is 4.74 Å². The van der Waals surface area contributed by atoms with Crippen LogP contribution < -0.4 is 4.74 Å². The predicted molar refractivity (Wildman–Crippen MR) is 137 cm³/mol. The second-order valence-electron chi connectivity index (χ2n) is 8.12. The van der Waals surface area contributed by atoms with Gasteiger partial charge >= 0.3 is 0 Å². The standard InChI is InChI=1S/C14H14O3S.C14H14O2S/c1-11-3-7-13(8-4-11)18(15,16)14-9-5-12(17-2)6-10-14;1-11-3-7-13(8-4-11)17(15,16)14-9-5-12(2)6-10-14/h3-10H,1-2H3;3-10H,1-2H3. The molecule has 0 fully saturated rings. The van der Waals surface area contributed by atoms with Crippen molar-refractivity contribution in [3.05, 3.63) is 114 Å². The molecule has 0 amide bonds. The first-order chi connectivity index (χ1) is 16.5. The molecular weight excluding hydrogens is 480 g/mol. The van der Waals surface area contributed by atoms with Crippen LogP contribution in [0.5, 0.6) is 5.75 Å². The Morgan fingerprint density at radius 1 is 0.429 bits per heavy atom. The van der Waals surface area contributed by atoms with Gasteiger partial charge in [-0.2, -0.15) is 0 Å². The van der Waals surface area contributed by atoms with Gasteiger partial charge in [-0.25, -0.2) is 16.8 Å². The number of hydrogen-bond acceptors (Lipinski definition) is 5. The van der Waals surface area contributed by atoms with Crippen molar-refractivity contribution in [2.24, 2.45) is 0 Å². The number of rotatable bonds is 5. The van der Waals surface area contributed by atoms with Gasteiger partial charge in [-0.05, 0) is 81.4 Å². The summed E-state index contributed by atoms with van der Waals surface area (Å²) in [6, 6.07) is 27.0. The Hall–Kier alpha value is -3.42. The number of hydrogen-bond donors (Lipinski definition) is 0. The topological polar surface area (TPSA) is 77.5 Å². The van der Waals surface area contributed by atoms with E-state index in [1.165, 1.54) is 0 Å². The van der Waals surface area contributed by atoms with E-state index in [0.29, 0.717) is 20.4 Å². The van der Waals surface area contributed by atoms with Gasteiger partial charge in [0.15, 0.2) is 0 Å². The van der Waals surface area contributed by atoms with Crippen molar-refractivity contribution in [1.82, 2.24) is 0 Å². The number of benzene rings is 4. The lowest BCUT2D eigenvalue weighted by molar-refractivity contribution is 0.414. The lowest BCUT2D eigenvalue weighted by Gasteiger charge is -2.06. The minimum atomic E-state index is -3.44. The highest BCUT2D eigenvalue weighted by Gasteiger charge is 2.17. The number of sulfone groups is 2. The van der Waals surface area contributed by atoms with E-state index in [1.54, 1.807) is 104 Å². The Morgan fingerprint density at radius 2 is 0.657 bits per heavy atom. The van der Waals surface area contributed by atoms with Crippen LogP contribution in [0.2, 0.25) is 0 Å². The first kappa shape index (κ1) is 26.2. The van der Waals surface area contributed by atoms with Crippen LogP contribution >= 0.6 is 0 Å². The van der Waals surface area contributed by atoms with Crippen LogP contribution in [0.15, 0.2) is 117 Å². The number of ether oxygens (including phenoxy) is 1. The van der Waals surface area contributed by atoms with Crippen molar-refractivity contribution in [1.29, 1.82) is 0 Å². The zero-order valence-electron chi connectivity index (χ0n) is 20.1. The van der Waals surface area contributed by atoms with E-state index < -0.39 is 19.7 Å². The molecule has 4 aromatic carbocycles. The van der Waals surface area contributed by atoms with Gasteiger partial charge in [-0.3, -0.25) is 0 Å². The molecule has 182 valence electrons. The Kier molecular flexibility index (Phi) is 8.14. The van der Waals surface area contributed by atoms with E-state index in [0.717, 1.165) is 16.7 Å². The Bertz CT molecular complexity index is 1420. The zero-order chi connectivity index (χ0) is 25.6. The van der Waals surface area contributed by atoms with E-state index >= 15 is 0 Å². The van der Waals surface area contributed by atoms with E-state index in [1.807, 2.05) is 20.8 Å². The summed E-state index contributed by atoms with van der Waals surface area (Å²) in [5.74, 6) is 0.637. The second kappa shape index (κ2) is 10.9. The molecule has 4 rings (SSSR count). The SMILES string of the molecule is COc1ccc(S(=O)(=O)c2ccc(C)cc2)cc1.Cc1ccc(S(=O)(=O)c2ccc(C)cc2)cc1. The summed E-state index contributed by atoms with van der Waals surface area (Å²) < 4.78 is 54.1. The van der Waals surface area contributed by atoms with Crippen molar-refractivity contribution in [2.45, 2.75) is 40.4 Å². The summed E-state index contributed by atoms with van der Waals surface area (Å²) in [6.07, 6.45) is 0. The van der Waals surface area contributed by atoms with Gasteiger partial charge in [-0.15, -0.1) is 0 Å². The van der Waals surface area contributed by atoms with Crippen molar-refractivity contribution in [2.75, 3.05) is 7.11 Å². The van der Waals surface area contributed by atoms with Crippen LogP contribution in [-0.4, -0.2) is 23.9 Å². The summed E-state index contributed by atoms with van der Waals surface area (Å²) in [4.78, 5) is 1.25. The van der Waals surface area contributed by atoms with E-state index in [2.05, 4.69) is 0 Å². The van der Waals surface area contributed by atoms with Crippen molar-refractivity contribution in [3.63, 3.8) is 0 Å². The molecule has 0 aliphatic carbocycles. The zero-order valence-corrected chi connectivity index (χ0v) is 21.7. The maximum atomic E-state index is 12.3. The Labute approximate surface area is 207 Å². The van der Waals surface area contributed by atoms with Crippen LogP contribution in [0, 0.1) is 20.8 Å². The van der Waals surface area contributed by atoms with Crippen LogP contribution in [0.1, 0.15) is 16.7 Å². The molecule has 0 heterocycles. The highest BCUT2D eigenvalue weighted by Crippen LogP contribution is 2.23. The molecule has 5 nitrogen and oxygen atoms in total. The predicted octanol–water partition coefficient (Wildman–Crippen LogP) is 5.97. The third-order valence-electron chi connectivity index (χ3n) is 5.36. The molecule has 0 bridgehead atoms. The van der Waals surface area contributed by atoms with Crippen LogP contribution in [0.4, 0.5) is 0 Å². The molecule has 7 heteroatoms. The van der Waals surface area contributed by atoms with Crippen molar-refractivity contribution >= 4 is 19.7 Å². The fourth-order valence-electron chi connectivity index (χ4n) is 3.18. The summed E-state index contributed by atoms with van der Waals surface area (Å²) in [6.45, 7) is 5.79. The third-order valence-corrected chi connectivity index (χ3v) is 8.93.